The monoisotopic (exact) mass is 322 g/mol. The van der Waals surface area contributed by atoms with E-state index in [4.69, 9.17) is 16.3 Å². The molecule has 120 valence electrons. The molecule has 0 aliphatic rings. The van der Waals surface area contributed by atoms with Crippen LogP contribution in [0.1, 0.15) is 5.56 Å². The van der Waals surface area contributed by atoms with Crippen LogP contribution in [0.15, 0.2) is 18.2 Å². The second-order valence-electron chi connectivity index (χ2n) is 4.72. The van der Waals surface area contributed by atoms with Crippen LogP contribution in [0.2, 0.25) is 5.02 Å². The smallest absolute Gasteiger partial charge is 0.387 e. The summed E-state index contributed by atoms with van der Waals surface area (Å²) in [5.74, 6) is 0.135. The summed E-state index contributed by atoms with van der Waals surface area (Å²) in [4.78, 5) is 2.04. The second kappa shape index (κ2) is 9.89. The van der Waals surface area contributed by atoms with Gasteiger partial charge >= 0.3 is 6.61 Å². The Labute approximate surface area is 129 Å². The van der Waals surface area contributed by atoms with Crippen LogP contribution in [0.3, 0.4) is 0 Å². The van der Waals surface area contributed by atoms with Crippen molar-refractivity contribution in [3.05, 3.63) is 28.8 Å². The van der Waals surface area contributed by atoms with E-state index in [1.54, 1.807) is 6.07 Å². The molecular weight excluding hydrogens is 302 g/mol. The molecule has 0 saturated heterocycles. The maximum atomic E-state index is 12.3. The van der Waals surface area contributed by atoms with Crippen LogP contribution in [0, 0.1) is 0 Å². The number of alkyl halides is 2. The maximum Gasteiger partial charge on any atom is 0.387 e. The molecule has 0 amide bonds. The molecule has 7 heteroatoms. The van der Waals surface area contributed by atoms with Crippen molar-refractivity contribution in [3.63, 3.8) is 0 Å². The molecule has 21 heavy (non-hydrogen) atoms. The molecular formula is C14H21ClF2N2O2. The van der Waals surface area contributed by atoms with Gasteiger partial charge in [0.1, 0.15) is 5.75 Å². The average Bonchev–Trinajstić information content (AvgIpc) is 2.39. The minimum Gasteiger partial charge on any atom is -0.434 e. The standard InChI is InChI=1S/C14H21ClF2N2O2/c1-19(2)6-8-20-7-5-18-10-11-9-12(15)3-4-13(11)21-14(16)17/h3-4,9,14,18H,5-8,10H2,1-2H3. The fourth-order valence-corrected chi connectivity index (χ4v) is 1.81. The van der Waals surface area contributed by atoms with Gasteiger partial charge in [-0.15, -0.1) is 0 Å². The van der Waals surface area contributed by atoms with E-state index >= 15 is 0 Å². The summed E-state index contributed by atoms with van der Waals surface area (Å²) >= 11 is 5.86. The van der Waals surface area contributed by atoms with Crippen molar-refractivity contribution >= 4 is 11.6 Å². The van der Waals surface area contributed by atoms with E-state index in [9.17, 15) is 8.78 Å². The first-order chi connectivity index (χ1) is 9.99. The number of nitrogens with one attached hydrogen (secondary N) is 1. The molecule has 0 heterocycles. The van der Waals surface area contributed by atoms with Gasteiger partial charge < -0.3 is 19.7 Å². The van der Waals surface area contributed by atoms with Gasteiger partial charge in [0, 0.05) is 30.2 Å². The van der Waals surface area contributed by atoms with Gasteiger partial charge in [0.05, 0.1) is 13.2 Å². The van der Waals surface area contributed by atoms with Crippen LogP contribution < -0.4 is 10.1 Å². The number of halogens is 3. The second-order valence-corrected chi connectivity index (χ2v) is 5.16. The Balaban J connectivity index is 2.32. The Morgan fingerprint density at radius 2 is 2.05 bits per heavy atom. The first-order valence-electron chi connectivity index (χ1n) is 6.65. The molecule has 1 aromatic carbocycles. The summed E-state index contributed by atoms with van der Waals surface area (Å²) < 4.78 is 34.5. The van der Waals surface area contributed by atoms with Crippen molar-refractivity contribution in [2.75, 3.05) is 40.4 Å². The van der Waals surface area contributed by atoms with Gasteiger partial charge in [-0.3, -0.25) is 0 Å². The Morgan fingerprint density at radius 3 is 2.71 bits per heavy atom. The average molecular weight is 323 g/mol. The largest absolute Gasteiger partial charge is 0.434 e. The molecule has 0 saturated carbocycles. The number of benzene rings is 1. The molecule has 0 aromatic heterocycles. The number of hydrogen-bond acceptors (Lipinski definition) is 4. The molecule has 0 fully saturated rings. The van der Waals surface area contributed by atoms with E-state index in [2.05, 4.69) is 10.1 Å². The molecule has 0 aliphatic heterocycles. The Morgan fingerprint density at radius 1 is 1.29 bits per heavy atom. The van der Waals surface area contributed by atoms with E-state index in [-0.39, 0.29) is 5.75 Å². The highest BCUT2D eigenvalue weighted by Gasteiger charge is 2.09. The lowest BCUT2D eigenvalue weighted by Crippen LogP contribution is -2.23. The fraction of sp³-hybridized carbons (Fsp3) is 0.571. The van der Waals surface area contributed by atoms with Gasteiger partial charge in [0.25, 0.3) is 0 Å². The molecule has 1 rings (SSSR count). The number of hydrogen-bond donors (Lipinski definition) is 1. The first-order valence-corrected chi connectivity index (χ1v) is 7.03. The first kappa shape index (κ1) is 18.1. The summed E-state index contributed by atoms with van der Waals surface area (Å²) in [6, 6.07) is 4.57. The van der Waals surface area contributed by atoms with Crippen molar-refractivity contribution < 1.29 is 18.3 Å². The third-order valence-corrected chi connectivity index (χ3v) is 2.90. The fourth-order valence-electron chi connectivity index (χ4n) is 1.61. The topological polar surface area (TPSA) is 33.7 Å². The highest BCUT2D eigenvalue weighted by Crippen LogP contribution is 2.24. The predicted molar refractivity (Wildman–Crippen MR) is 79.2 cm³/mol. The molecule has 1 N–H and O–H groups in total. The van der Waals surface area contributed by atoms with Crippen LogP contribution in [0.5, 0.6) is 5.75 Å². The summed E-state index contributed by atoms with van der Waals surface area (Å²) in [6.45, 7) is 0.235. The molecule has 0 unspecified atom stereocenters. The van der Waals surface area contributed by atoms with Crippen LogP contribution >= 0.6 is 11.6 Å². The molecule has 1 aromatic rings. The van der Waals surface area contributed by atoms with Crippen LogP contribution in [0.25, 0.3) is 0 Å². The number of ether oxygens (including phenoxy) is 2. The lowest BCUT2D eigenvalue weighted by atomic mass is 10.2. The minimum absolute atomic E-state index is 0.135. The van der Waals surface area contributed by atoms with Gasteiger partial charge in [-0.05, 0) is 32.3 Å². The molecule has 0 bridgehead atoms. The highest BCUT2D eigenvalue weighted by molar-refractivity contribution is 6.30. The molecule has 0 aliphatic carbocycles. The molecule has 0 spiro atoms. The van der Waals surface area contributed by atoms with E-state index in [1.807, 2.05) is 19.0 Å². The molecule has 0 radical (unpaired) electrons. The van der Waals surface area contributed by atoms with Gasteiger partial charge in [-0.1, -0.05) is 11.6 Å². The molecule has 4 nitrogen and oxygen atoms in total. The Hall–Kier alpha value is -0.950. The van der Waals surface area contributed by atoms with E-state index in [0.29, 0.717) is 36.9 Å². The van der Waals surface area contributed by atoms with Crippen molar-refractivity contribution in [1.82, 2.24) is 10.2 Å². The Bertz CT molecular complexity index is 420. The maximum absolute atomic E-state index is 12.3. The van der Waals surface area contributed by atoms with Crippen molar-refractivity contribution in [3.8, 4) is 5.75 Å². The Kier molecular flexibility index (Phi) is 8.52. The lowest BCUT2D eigenvalue weighted by Gasteiger charge is -2.13. The van der Waals surface area contributed by atoms with Gasteiger partial charge in [0.15, 0.2) is 0 Å². The van der Waals surface area contributed by atoms with Crippen molar-refractivity contribution in [2.24, 2.45) is 0 Å². The SMILES string of the molecule is CN(C)CCOCCNCc1cc(Cl)ccc1OC(F)F. The van der Waals surface area contributed by atoms with Crippen molar-refractivity contribution in [2.45, 2.75) is 13.2 Å². The highest BCUT2D eigenvalue weighted by atomic mass is 35.5. The normalized spacial score (nSPS) is 11.4. The van der Waals surface area contributed by atoms with Crippen LogP contribution in [0.4, 0.5) is 8.78 Å². The van der Waals surface area contributed by atoms with Crippen LogP contribution in [-0.2, 0) is 11.3 Å². The zero-order valence-corrected chi connectivity index (χ0v) is 13.0. The van der Waals surface area contributed by atoms with Gasteiger partial charge in [-0.25, -0.2) is 0 Å². The predicted octanol–water partition coefficient (Wildman–Crippen LogP) is 2.61. The zero-order chi connectivity index (χ0) is 15.7. The van der Waals surface area contributed by atoms with Crippen LogP contribution in [-0.4, -0.2) is 51.9 Å². The van der Waals surface area contributed by atoms with Gasteiger partial charge in [0.2, 0.25) is 0 Å². The minimum atomic E-state index is -2.85. The lowest BCUT2D eigenvalue weighted by molar-refractivity contribution is -0.0505. The summed E-state index contributed by atoms with van der Waals surface area (Å²) in [6.07, 6.45) is 0. The third kappa shape index (κ3) is 8.16. The zero-order valence-electron chi connectivity index (χ0n) is 12.2. The number of nitrogens with zero attached hydrogens (tertiary/aromatic N) is 1. The summed E-state index contributed by atoms with van der Waals surface area (Å²) in [5.41, 5.74) is 0.594. The van der Waals surface area contributed by atoms with E-state index in [0.717, 1.165) is 6.54 Å². The van der Waals surface area contributed by atoms with E-state index < -0.39 is 6.61 Å². The van der Waals surface area contributed by atoms with Gasteiger partial charge in [-0.2, -0.15) is 8.78 Å². The number of likely N-dealkylation sites (N-methyl/N-ethyl adjacent to an activating group) is 1. The van der Waals surface area contributed by atoms with E-state index in [1.165, 1.54) is 12.1 Å². The van der Waals surface area contributed by atoms with Crippen molar-refractivity contribution in [1.29, 1.82) is 0 Å². The summed E-state index contributed by atoms with van der Waals surface area (Å²) in [5, 5.41) is 3.59. The molecule has 0 atom stereocenters. The third-order valence-electron chi connectivity index (χ3n) is 2.66. The summed E-state index contributed by atoms with van der Waals surface area (Å²) in [7, 11) is 3.95. The number of rotatable bonds is 10. The quantitative estimate of drug-likeness (QED) is 0.671.